The number of carbonyl (C=O) groups is 1. The van der Waals surface area contributed by atoms with Crippen LogP contribution >= 0.6 is 15.9 Å². The van der Waals surface area contributed by atoms with Crippen LogP contribution in [0.1, 0.15) is 39.2 Å². The molecule has 2 aliphatic heterocycles. The molecule has 0 bridgehead atoms. The Morgan fingerprint density at radius 3 is 2.48 bits per heavy atom. The first kappa shape index (κ1) is 22.5. The van der Waals surface area contributed by atoms with E-state index in [4.69, 9.17) is 9.47 Å². The number of amides is 1. The van der Waals surface area contributed by atoms with E-state index in [0.717, 1.165) is 23.7 Å². The Hall–Kier alpha value is -1.18. The molecule has 2 unspecified atom stereocenters. The van der Waals surface area contributed by atoms with Crippen LogP contribution in [0.5, 0.6) is 0 Å². The molecule has 5 nitrogen and oxygen atoms in total. The van der Waals surface area contributed by atoms with E-state index in [9.17, 15) is 9.18 Å². The van der Waals surface area contributed by atoms with Crippen molar-refractivity contribution in [1.29, 1.82) is 0 Å². The Kier molecular flexibility index (Phi) is 7.57. The number of ether oxygens (including phenoxy) is 2. The molecule has 162 valence electrons. The molecule has 3 rings (SSSR count). The number of piperidine rings is 1. The van der Waals surface area contributed by atoms with Gasteiger partial charge in [0.2, 0.25) is 0 Å². The Morgan fingerprint density at radius 1 is 1.24 bits per heavy atom. The van der Waals surface area contributed by atoms with Crippen LogP contribution in [0.4, 0.5) is 9.18 Å². The average Bonchev–Trinajstić information content (AvgIpc) is 2.69. The van der Waals surface area contributed by atoms with Crippen LogP contribution in [0.3, 0.4) is 0 Å². The predicted octanol–water partition coefficient (Wildman–Crippen LogP) is 4.43. The summed E-state index contributed by atoms with van der Waals surface area (Å²) in [5.41, 5.74) is 0.763. The first-order valence-electron chi connectivity index (χ1n) is 10.4. The van der Waals surface area contributed by atoms with E-state index in [-0.39, 0.29) is 18.2 Å². The van der Waals surface area contributed by atoms with Crippen LogP contribution in [0, 0.1) is 0 Å². The molecule has 2 atom stereocenters. The number of hydrogen-bond donors (Lipinski definition) is 0. The summed E-state index contributed by atoms with van der Waals surface area (Å²) in [6, 6.07) is 8.88. The molecule has 2 aliphatic rings. The van der Waals surface area contributed by atoms with Gasteiger partial charge in [0.05, 0.1) is 12.7 Å². The minimum atomic E-state index is -0.484. The number of rotatable bonds is 4. The second-order valence-corrected chi connectivity index (χ2v) is 9.91. The zero-order chi connectivity index (χ0) is 21.0. The summed E-state index contributed by atoms with van der Waals surface area (Å²) in [6.07, 6.45) is 2.01. The Morgan fingerprint density at radius 2 is 1.90 bits per heavy atom. The highest BCUT2D eigenvalue weighted by atomic mass is 79.9. The number of halogens is 2. The minimum absolute atomic E-state index is 0.219. The van der Waals surface area contributed by atoms with Crippen LogP contribution in [-0.4, -0.2) is 72.6 Å². The number of benzene rings is 1. The van der Waals surface area contributed by atoms with Crippen molar-refractivity contribution in [1.82, 2.24) is 9.80 Å². The van der Waals surface area contributed by atoms with Gasteiger partial charge in [0, 0.05) is 36.2 Å². The predicted molar refractivity (Wildman–Crippen MR) is 115 cm³/mol. The molecule has 0 radical (unpaired) electrons. The molecule has 29 heavy (non-hydrogen) atoms. The Balaban J connectivity index is 1.62. The van der Waals surface area contributed by atoms with Gasteiger partial charge in [-0.3, -0.25) is 4.90 Å². The van der Waals surface area contributed by atoms with Crippen LogP contribution < -0.4 is 0 Å². The summed E-state index contributed by atoms with van der Waals surface area (Å²) in [6.45, 7) is 7.67. The van der Waals surface area contributed by atoms with Crippen molar-refractivity contribution in [2.45, 2.75) is 63.8 Å². The number of likely N-dealkylation sites (tertiary alicyclic amines) is 1. The van der Waals surface area contributed by atoms with Gasteiger partial charge >= 0.3 is 6.09 Å². The molecular formula is C22H32BrFN2O3. The van der Waals surface area contributed by atoms with Crippen molar-refractivity contribution < 1.29 is 18.7 Å². The summed E-state index contributed by atoms with van der Waals surface area (Å²) in [5, 5.41) is 0. The molecule has 2 saturated heterocycles. The second kappa shape index (κ2) is 9.75. The first-order valence-corrected chi connectivity index (χ1v) is 11.2. The Bertz CT molecular complexity index is 672. The van der Waals surface area contributed by atoms with Crippen molar-refractivity contribution in [2.24, 2.45) is 0 Å². The number of alkyl halides is 1. The maximum absolute atomic E-state index is 13.3. The van der Waals surface area contributed by atoms with Crippen molar-refractivity contribution in [3.8, 4) is 0 Å². The van der Waals surface area contributed by atoms with Crippen molar-refractivity contribution in [2.75, 3.05) is 32.9 Å². The summed E-state index contributed by atoms with van der Waals surface area (Å²) < 4.78 is 25.6. The van der Waals surface area contributed by atoms with E-state index in [2.05, 4.69) is 33.0 Å². The quantitative estimate of drug-likeness (QED) is 0.652. The van der Waals surface area contributed by atoms with E-state index in [1.165, 1.54) is 5.56 Å². The van der Waals surface area contributed by atoms with Gasteiger partial charge in [-0.25, -0.2) is 9.18 Å². The highest BCUT2D eigenvalue weighted by Gasteiger charge is 2.36. The lowest BCUT2D eigenvalue weighted by atomic mass is 9.96. The number of morpholine rings is 1. The van der Waals surface area contributed by atoms with Gasteiger partial charge in [-0.15, -0.1) is 0 Å². The van der Waals surface area contributed by atoms with Crippen molar-refractivity contribution in [3.05, 3.63) is 34.3 Å². The maximum Gasteiger partial charge on any atom is 0.410 e. The van der Waals surface area contributed by atoms with Crippen LogP contribution in [0.2, 0.25) is 0 Å². The topological polar surface area (TPSA) is 42.0 Å². The van der Waals surface area contributed by atoms with Crippen LogP contribution in [-0.2, 0) is 15.9 Å². The Labute approximate surface area is 181 Å². The minimum Gasteiger partial charge on any atom is -0.444 e. The highest BCUT2D eigenvalue weighted by Crippen LogP contribution is 2.26. The third-order valence-electron chi connectivity index (χ3n) is 5.55. The normalized spacial score (nSPS) is 24.5. The van der Waals surface area contributed by atoms with E-state index in [0.29, 0.717) is 32.3 Å². The summed E-state index contributed by atoms with van der Waals surface area (Å²) >= 11 is 3.48. The first-order chi connectivity index (χ1) is 13.7. The van der Waals surface area contributed by atoms with E-state index in [1.807, 2.05) is 32.9 Å². The molecule has 0 aliphatic carbocycles. The van der Waals surface area contributed by atoms with E-state index < -0.39 is 12.3 Å². The number of carbonyl (C=O) groups excluding carboxylic acids is 1. The lowest BCUT2D eigenvalue weighted by Crippen LogP contribution is -2.58. The largest absolute Gasteiger partial charge is 0.444 e. The fraction of sp³-hybridized carbons (Fsp3) is 0.682. The lowest BCUT2D eigenvalue weighted by Gasteiger charge is -2.46. The lowest BCUT2D eigenvalue weighted by molar-refractivity contribution is -0.0928. The van der Waals surface area contributed by atoms with Gasteiger partial charge in [0.1, 0.15) is 12.3 Å². The highest BCUT2D eigenvalue weighted by molar-refractivity contribution is 9.10. The zero-order valence-corrected chi connectivity index (χ0v) is 19.2. The van der Waals surface area contributed by atoms with Crippen molar-refractivity contribution in [3.63, 3.8) is 0 Å². The average molecular weight is 471 g/mol. The smallest absolute Gasteiger partial charge is 0.410 e. The van der Waals surface area contributed by atoms with Crippen LogP contribution in [0.25, 0.3) is 0 Å². The SMILES string of the molecule is CC(C)(C)OC(=O)N1CCC(N2CC(CF)OCC2Cc2ccc(Br)cc2)CC1. The molecule has 2 heterocycles. The van der Waals surface area contributed by atoms with Gasteiger partial charge in [-0.05, 0) is 57.7 Å². The molecule has 0 saturated carbocycles. The van der Waals surface area contributed by atoms with E-state index in [1.54, 1.807) is 4.90 Å². The van der Waals surface area contributed by atoms with Crippen LogP contribution in [0.15, 0.2) is 28.7 Å². The fourth-order valence-electron chi connectivity index (χ4n) is 4.10. The third kappa shape index (κ3) is 6.40. The van der Waals surface area contributed by atoms with Gasteiger partial charge in [0.15, 0.2) is 0 Å². The van der Waals surface area contributed by atoms with Gasteiger partial charge in [0.25, 0.3) is 0 Å². The fourth-order valence-corrected chi connectivity index (χ4v) is 4.36. The molecular weight excluding hydrogens is 439 g/mol. The molecule has 0 spiro atoms. The summed E-state index contributed by atoms with van der Waals surface area (Å²) in [5.74, 6) is 0. The van der Waals surface area contributed by atoms with Crippen molar-refractivity contribution >= 4 is 22.0 Å². The maximum atomic E-state index is 13.3. The van der Waals surface area contributed by atoms with Gasteiger partial charge in [-0.1, -0.05) is 28.1 Å². The number of hydrogen-bond acceptors (Lipinski definition) is 4. The summed E-state index contributed by atoms with van der Waals surface area (Å²) in [7, 11) is 0. The molecule has 2 fully saturated rings. The molecule has 0 N–H and O–H groups in total. The molecule has 0 aromatic heterocycles. The monoisotopic (exact) mass is 470 g/mol. The molecule has 7 heteroatoms. The molecule has 1 amide bonds. The van der Waals surface area contributed by atoms with E-state index >= 15 is 0 Å². The molecule has 1 aromatic carbocycles. The second-order valence-electron chi connectivity index (χ2n) is 8.99. The summed E-state index contributed by atoms with van der Waals surface area (Å²) in [4.78, 5) is 16.6. The van der Waals surface area contributed by atoms with Gasteiger partial charge < -0.3 is 14.4 Å². The molecule has 1 aromatic rings. The number of nitrogens with zero attached hydrogens (tertiary/aromatic N) is 2. The zero-order valence-electron chi connectivity index (χ0n) is 17.6. The third-order valence-corrected chi connectivity index (χ3v) is 6.08. The standard InChI is InChI=1S/C22H32BrFN2O3/c1-22(2,3)29-21(27)25-10-8-18(9-11-25)26-14-20(13-24)28-15-19(26)12-16-4-6-17(23)7-5-16/h4-7,18-20H,8-15H2,1-3H3. The van der Waals surface area contributed by atoms with Gasteiger partial charge in [-0.2, -0.15) is 0 Å².